The highest BCUT2D eigenvalue weighted by Crippen LogP contribution is 2.27. The lowest BCUT2D eigenvalue weighted by Crippen LogP contribution is -2.30. The molecule has 5 nitrogen and oxygen atoms in total. The fourth-order valence-electron chi connectivity index (χ4n) is 2.17. The maximum Gasteiger partial charge on any atom is 0.254 e. The Hall–Kier alpha value is -0.930. The van der Waals surface area contributed by atoms with Gasteiger partial charge >= 0.3 is 0 Å². The minimum absolute atomic E-state index is 0.0681. The van der Waals surface area contributed by atoms with Gasteiger partial charge in [-0.3, -0.25) is 4.79 Å². The van der Waals surface area contributed by atoms with Crippen LogP contribution in [0.25, 0.3) is 0 Å². The summed E-state index contributed by atoms with van der Waals surface area (Å²) >= 11 is 10.6. The van der Waals surface area contributed by atoms with Gasteiger partial charge in [0.15, 0.2) is 0 Å². The topological polar surface area (TPSA) is 57.7 Å². The lowest BCUT2D eigenvalue weighted by atomic mass is 10.2. The van der Waals surface area contributed by atoms with Gasteiger partial charge in [-0.15, -0.1) is 11.3 Å². The normalized spacial score (nSPS) is 11.8. The van der Waals surface area contributed by atoms with Crippen molar-refractivity contribution in [3.63, 3.8) is 0 Å². The summed E-state index contributed by atoms with van der Waals surface area (Å²) in [6, 6.07) is 8.28. The third kappa shape index (κ3) is 4.62. The van der Waals surface area contributed by atoms with Gasteiger partial charge in [0.25, 0.3) is 5.91 Å². The van der Waals surface area contributed by atoms with Crippen molar-refractivity contribution in [2.24, 2.45) is 0 Å². The molecule has 0 aliphatic carbocycles. The molecule has 0 aliphatic heterocycles. The fraction of sp³-hybridized carbons (Fsp3) is 0.312. The zero-order chi connectivity index (χ0) is 18.8. The number of sulfonamides is 1. The summed E-state index contributed by atoms with van der Waals surface area (Å²) in [4.78, 5) is 15.5. The van der Waals surface area contributed by atoms with E-state index in [0.717, 1.165) is 9.18 Å². The summed E-state index contributed by atoms with van der Waals surface area (Å²) in [5, 5.41) is 0. The van der Waals surface area contributed by atoms with Gasteiger partial charge in [0.05, 0.1) is 15.8 Å². The van der Waals surface area contributed by atoms with Crippen LogP contribution in [0, 0.1) is 0 Å². The number of nitrogens with zero attached hydrogens (tertiary/aromatic N) is 2. The van der Waals surface area contributed by atoms with Crippen LogP contribution in [0.1, 0.15) is 22.2 Å². The Labute approximate surface area is 165 Å². The van der Waals surface area contributed by atoms with Crippen molar-refractivity contribution < 1.29 is 13.2 Å². The molecule has 136 valence electrons. The average Bonchev–Trinajstić information content (AvgIpc) is 2.97. The Kier molecular flexibility index (Phi) is 6.67. The van der Waals surface area contributed by atoms with Gasteiger partial charge in [0.2, 0.25) is 10.0 Å². The van der Waals surface area contributed by atoms with Crippen LogP contribution in [0.4, 0.5) is 0 Å². The Bertz CT molecular complexity index is 881. The van der Waals surface area contributed by atoms with E-state index in [9.17, 15) is 13.2 Å². The van der Waals surface area contributed by atoms with Crippen LogP contribution < -0.4 is 0 Å². The third-order valence-electron chi connectivity index (χ3n) is 3.58. The summed E-state index contributed by atoms with van der Waals surface area (Å²) in [5.74, 6) is -0.227. The summed E-state index contributed by atoms with van der Waals surface area (Å²) in [6.45, 7) is 2.81. The highest BCUT2D eigenvalue weighted by molar-refractivity contribution is 9.10. The quantitative estimate of drug-likeness (QED) is 0.646. The van der Waals surface area contributed by atoms with E-state index in [4.69, 9.17) is 11.6 Å². The van der Waals surface area contributed by atoms with Crippen LogP contribution in [0.5, 0.6) is 0 Å². The van der Waals surface area contributed by atoms with Gasteiger partial charge in [-0.1, -0.05) is 11.6 Å². The molecule has 9 heteroatoms. The molecule has 1 aromatic heterocycles. The van der Waals surface area contributed by atoms with Crippen molar-refractivity contribution in [2.75, 3.05) is 20.6 Å². The molecule has 0 atom stereocenters. The van der Waals surface area contributed by atoms with Crippen molar-refractivity contribution in [2.45, 2.75) is 18.4 Å². The minimum Gasteiger partial charge on any atom is -0.334 e. The summed E-state index contributed by atoms with van der Waals surface area (Å²) in [5.41, 5.74) is 0.327. The number of carbonyl (C=O) groups excluding carboxylic acids is 1. The van der Waals surface area contributed by atoms with Crippen molar-refractivity contribution in [3.8, 4) is 0 Å². The zero-order valence-electron chi connectivity index (χ0n) is 14.0. The van der Waals surface area contributed by atoms with Crippen molar-refractivity contribution in [3.05, 3.63) is 49.6 Å². The monoisotopic (exact) mass is 464 g/mol. The van der Waals surface area contributed by atoms with Crippen LogP contribution in [0.3, 0.4) is 0 Å². The van der Waals surface area contributed by atoms with Crippen LogP contribution in [0.15, 0.2) is 39.7 Å². The SMILES string of the molecule is CCN(Cc1ccc(Cl)s1)C(=O)c1ccc(Br)c(S(=O)(=O)N(C)C)c1. The van der Waals surface area contributed by atoms with E-state index in [1.165, 1.54) is 31.5 Å². The number of halogens is 2. The molecule has 0 aliphatic rings. The number of amides is 1. The lowest BCUT2D eigenvalue weighted by molar-refractivity contribution is 0.0754. The van der Waals surface area contributed by atoms with Crippen LogP contribution in [0.2, 0.25) is 4.34 Å². The summed E-state index contributed by atoms with van der Waals surface area (Å²) in [6.07, 6.45) is 0. The molecule has 0 unspecified atom stereocenters. The highest BCUT2D eigenvalue weighted by atomic mass is 79.9. The predicted molar refractivity (Wildman–Crippen MR) is 105 cm³/mol. The van der Waals surface area contributed by atoms with Gasteiger partial charge in [-0.05, 0) is 53.2 Å². The first kappa shape index (κ1) is 20.4. The Balaban J connectivity index is 2.35. The second-order valence-corrected chi connectivity index (χ2v) is 10.2. The molecule has 2 aromatic rings. The molecular weight excluding hydrogens is 448 g/mol. The second-order valence-electron chi connectivity index (χ2n) is 5.46. The van der Waals surface area contributed by atoms with Crippen molar-refractivity contribution in [1.82, 2.24) is 9.21 Å². The number of rotatable bonds is 6. The molecule has 25 heavy (non-hydrogen) atoms. The molecule has 1 amide bonds. The lowest BCUT2D eigenvalue weighted by Gasteiger charge is -2.21. The van der Waals surface area contributed by atoms with Gasteiger partial charge in [0.1, 0.15) is 0 Å². The van der Waals surface area contributed by atoms with E-state index in [2.05, 4.69) is 15.9 Å². The number of hydrogen-bond acceptors (Lipinski definition) is 4. The molecule has 0 N–H and O–H groups in total. The van der Waals surface area contributed by atoms with Gasteiger partial charge < -0.3 is 4.90 Å². The number of benzene rings is 1. The maximum absolute atomic E-state index is 12.8. The first-order valence-electron chi connectivity index (χ1n) is 7.42. The molecule has 0 saturated carbocycles. The van der Waals surface area contributed by atoms with Gasteiger partial charge in [-0.25, -0.2) is 12.7 Å². The van der Waals surface area contributed by atoms with Crippen molar-refractivity contribution >= 4 is 54.8 Å². The Morgan fingerprint density at radius 3 is 2.44 bits per heavy atom. The fourth-order valence-corrected chi connectivity index (χ4v) is 5.11. The smallest absolute Gasteiger partial charge is 0.254 e. The largest absolute Gasteiger partial charge is 0.334 e. The maximum atomic E-state index is 12.8. The predicted octanol–water partition coefficient (Wildman–Crippen LogP) is 4.08. The molecule has 2 rings (SSSR count). The molecule has 0 spiro atoms. The van der Waals surface area contributed by atoms with E-state index >= 15 is 0 Å². The number of carbonyl (C=O) groups is 1. The molecule has 0 radical (unpaired) electrons. The summed E-state index contributed by atoms with van der Waals surface area (Å²) in [7, 11) is -0.744. The molecular formula is C16H18BrClN2O3S2. The minimum atomic E-state index is -3.65. The Morgan fingerprint density at radius 2 is 1.92 bits per heavy atom. The third-order valence-corrected chi connectivity index (χ3v) is 7.61. The van der Waals surface area contributed by atoms with Crippen LogP contribution >= 0.6 is 38.9 Å². The first-order valence-corrected chi connectivity index (χ1v) is 10.8. The highest BCUT2D eigenvalue weighted by Gasteiger charge is 2.23. The summed E-state index contributed by atoms with van der Waals surface area (Å²) < 4.78 is 27.0. The Morgan fingerprint density at radius 1 is 1.24 bits per heavy atom. The van der Waals surface area contributed by atoms with E-state index < -0.39 is 10.0 Å². The van der Waals surface area contributed by atoms with E-state index in [0.29, 0.717) is 27.5 Å². The van der Waals surface area contributed by atoms with E-state index in [-0.39, 0.29) is 10.8 Å². The van der Waals surface area contributed by atoms with Gasteiger partial charge in [0, 0.05) is 35.6 Å². The zero-order valence-corrected chi connectivity index (χ0v) is 18.0. The van der Waals surface area contributed by atoms with Crippen LogP contribution in [-0.4, -0.2) is 44.2 Å². The molecule has 0 saturated heterocycles. The molecule has 0 bridgehead atoms. The average molecular weight is 466 g/mol. The number of thiophene rings is 1. The van der Waals surface area contributed by atoms with Crippen molar-refractivity contribution in [1.29, 1.82) is 0 Å². The van der Waals surface area contributed by atoms with E-state index in [1.807, 2.05) is 13.0 Å². The molecule has 1 heterocycles. The van der Waals surface area contributed by atoms with Crippen LogP contribution in [-0.2, 0) is 16.6 Å². The molecule has 0 fully saturated rings. The van der Waals surface area contributed by atoms with E-state index in [1.54, 1.807) is 23.1 Å². The standard InChI is InChI=1S/C16H18BrClN2O3S2/c1-4-20(10-12-6-8-15(18)24-12)16(21)11-5-7-13(17)14(9-11)25(22,23)19(2)3/h5-9H,4,10H2,1-3H3. The first-order chi connectivity index (χ1) is 11.7. The second kappa shape index (κ2) is 8.18. The number of hydrogen-bond donors (Lipinski definition) is 0. The molecule has 1 aromatic carbocycles. The van der Waals surface area contributed by atoms with Gasteiger partial charge in [-0.2, -0.15) is 0 Å².